The fourth-order valence-electron chi connectivity index (χ4n) is 1.55. The zero-order chi connectivity index (χ0) is 14.0. The maximum absolute atomic E-state index is 13.1. The largest absolute Gasteiger partial charge is 0.383 e. The molecule has 19 heavy (non-hydrogen) atoms. The van der Waals surface area contributed by atoms with E-state index in [4.69, 9.17) is 5.73 Å². The topological polar surface area (TPSA) is 68.0 Å². The molecule has 0 saturated carbocycles. The first kappa shape index (κ1) is 13.5. The molecule has 1 amide bonds. The molecule has 0 aliphatic rings. The highest BCUT2D eigenvalue weighted by molar-refractivity contribution is 9.10. The Morgan fingerprint density at radius 2 is 2.16 bits per heavy atom. The number of halogens is 2. The molecule has 0 aliphatic heterocycles. The Balaban J connectivity index is 2.30. The normalized spacial score (nSPS) is 10.3. The highest BCUT2D eigenvalue weighted by atomic mass is 79.9. The van der Waals surface area contributed by atoms with E-state index in [1.165, 1.54) is 0 Å². The monoisotopic (exact) mass is 323 g/mol. The number of rotatable bonds is 2. The molecule has 2 aromatic rings. The molecule has 0 aliphatic carbocycles. The number of amides is 1. The number of nitrogens with one attached hydrogen (secondary N) is 1. The van der Waals surface area contributed by atoms with E-state index in [2.05, 4.69) is 26.2 Å². The summed E-state index contributed by atoms with van der Waals surface area (Å²) in [5, 5.41) is 2.68. The van der Waals surface area contributed by atoms with Crippen LogP contribution >= 0.6 is 15.9 Å². The lowest BCUT2D eigenvalue weighted by molar-refractivity contribution is 0.102. The summed E-state index contributed by atoms with van der Waals surface area (Å²) in [5.74, 6) is -1.11. The summed E-state index contributed by atoms with van der Waals surface area (Å²) in [7, 11) is 0. The standard InChI is InChI=1S/C13H11BrFN3O/c1-7-2-3-8(14)4-11(7)18-13(19)10-5-9(15)6-17-12(10)16/h2-6H,1H3,(H2,16,17)(H,18,19). The number of nitrogens with zero attached hydrogens (tertiary/aromatic N) is 1. The second-order valence-corrected chi connectivity index (χ2v) is 4.92. The van der Waals surface area contributed by atoms with Gasteiger partial charge in [0, 0.05) is 10.2 Å². The number of aromatic nitrogens is 1. The predicted molar refractivity (Wildman–Crippen MR) is 75.4 cm³/mol. The maximum atomic E-state index is 13.1. The van der Waals surface area contributed by atoms with E-state index >= 15 is 0 Å². The summed E-state index contributed by atoms with van der Waals surface area (Å²) in [6.07, 6.45) is 0.969. The van der Waals surface area contributed by atoms with Crippen molar-refractivity contribution in [2.75, 3.05) is 11.1 Å². The zero-order valence-electron chi connectivity index (χ0n) is 10.1. The molecule has 2 rings (SSSR count). The third-order valence-corrected chi connectivity index (χ3v) is 3.07. The Labute approximate surface area is 118 Å². The van der Waals surface area contributed by atoms with Crippen LogP contribution in [0.5, 0.6) is 0 Å². The average molecular weight is 324 g/mol. The summed E-state index contributed by atoms with van der Waals surface area (Å²) < 4.78 is 13.9. The Kier molecular flexibility index (Phi) is 3.80. The first-order chi connectivity index (χ1) is 8.97. The van der Waals surface area contributed by atoms with Crippen LogP contribution in [0.1, 0.15) is 15.9 Å². The molecular weight excluding hydrogens is 313 g/mol. The molecule has 0 unspecified atom stereocenters. The van der Waals surface area contributed by atoms with Crippen LogP contribution in [0.2, 0.25) is 0 Å². The van der Waals surface area contributed by atoms with E-state index in [1.54, 1.807) is 6.07 Å². The van der Waals surface area contributed by atoms with Crippen molar-refractivity contribution in [3.8, 4) is 0 Å². The third kappa shape index (κ3) is 3.08. The van der Waals surface area contributed by atoms with Crippen LogP contribution in [0.25, 0.3) is 0 Å². The van der Waals surface area contributed by atoms with E-state index in [0.717, 1.165) is 22.3 Å². The van der Waals surface area contributed by atoms with Gasteiger partial charge in [-0.15, -0.1) is 0 Å². The lowest BCUT2D eigenvalue weighted by Gasteiger charge is -2.10. The second kappa shape index (κ2) is 5.36. The first-order valence-corrected chi connectivity index (χ1v) is 6.25. The maximum Gasteiger partial charge on any atom is 0.259 e. The SMILES string of the molecule is Cc1ccc(Br)cc1NC(=O)c1cc(F)cnc1N. The number of nitrogen functional groups attached to an aromatic ring is 1. The van der Waals surface area contributed by atoms with Gasteiger partial charge in [0.15, 0.2) is 0 Å². The minimum Gasteiger partial charge on any atom is -0.383 e. The van der Waals surface area contributed by atoms with E-state index < -0.39 is 11.7 Å². The molecule has 0 spiro atoms. The summed E-state index contributed by atoms with van der Waals surface area (Å²) in [6, 6.07) is 6.54. The van der Waals surface area contributed by atoms with Crippen LogP contribution in [0.15, 0.2) is 34.9 Å². The molecule has 1 aromatic heterocycles. The number of anilines is 2. The van der Waals surface area contributed by atoms with Crippen LogP contribution in [0.3, 0.4) is 0 Å². The molecule has 6 heteroatoms. The molecule has 0 bridgehead atoms. The van der Waals surface area contributed by atoms with Crippen LogP contribution in [-0.4, -0.2) is 10.9 Å². The summed E-state index contributed by atoms with van der Waals surface area (Å²) in [6.45, 7) is 1.86. The summed E-state index contributed by atoms with van der Waals surface area (Å²) in [4.78, 5) is 15.7. The summed E-state index contributed by atoms with van der Waals surface area (Å²) >= 11 is 3.32. The van der Waals surface area contributed by atoms with Gasteiger partial charge in [0.25, 0.3) is 5.91 Å². The molecular formula is C13H11BrFN3O. The lowest BCUT2D eigenvalue weighted by Crippen LogP contribution is -2.16. The van der Waals surface area contributed by atoms with Gasteiger partial charge in [0.1, 0.15) is 11.6 Å². The molecule has 0 fully saturated rings. The quantitative estimate of drug-likeness (QED) is 0.892. The molecule has 1 heterocycles. The fourth-order valence-corrected chi connectivity index (χ4v) is 1.91. The Hall–Kier alpha value is -1.95. The van der Waals surface area contributed by atoms with Gasteiger partial charge in [-0.25, -0.2) is 9.37 Å². The van der Waals surface area contributed by atoms with Gasteiger partial charge in [-0.2, -0.15) is 0 Å². The summed E-state index contributed by atoms with van der Waals surface area (Å²) in [5.41, 5.74) is 7.09. The van der Waals surface area contributed by atoms with Gasteiger partial charge in [0.05, 0.1) is 11.8 Å². The van der Waals surface area contributed by atoms with Crippen molar-refractivity contribution >= 4 is 33.3 Å². The third-order valence-electron chi connectivity index (χ3n) is 2.58. The number of benzene rings is 1. The van der Waals surface area contributed by atoms with Crippen molar-refractivity contribution in [2.45, 2.75) is 6.92 Å². The van der Waals surface area contributed by atoms with Crippen molar-refractivity contribution in [1.82, 2.24) is 4.98 Å². The lowest BCUT2D eigenvalue weighted by atomic mass is 10.2. The van der Waals surface area contributed by atoms with Gasteiger partial charge in [-0.05, 0) is 30.7 Å². The van der Waals surface area contributed by atoms with Crippen molar-refractivity contribution in [2.24, 2.45) is 0 Å². The van der Waals surface area contributed by atoms with Crippen LogP contribution < -0.4 is 11.1 Å². The molecule has 0 radical (unpaired) electrons. The highest BCUT2D eigenvalue weighted by Crippen LogP contribution is 2.22. The molecule has 4 nitrogen and oxygen atoms in total. The van der Waals surface area contributed by atoms with Gasteiger partial charge in [-0.3, -0.25) is 4.79 Å². The number of hydrogen-bond acceptors (Lipinski definition) is 3. The predicted octanol–water partition coefficient (Wildman–Crippen LogP) is 3.13. The van der Waals surface area contributed by atoms with Crippen molar-refractivity contribution in [1.29, 1.82) is 0 Å². The zero-order valence-corrected chi connectivity index (χ0v) is 11.7. The first-order valence-electron chi connectivity index (χ1n) is 5.46. The van der Waals surface area contributed by atoms with Gasteiger partial charge in [0.2, 0.25) is 0 Å². The number of aryl methyl sites for hydroxylation is 1. The number of carbonyl (C=O) groups is 1. The van der Waals surface area contributed by atoms with Crippen molar-refractivity contribution in [3.05, 3.63) is 51.9 Å². The number of pyridine rings is 1. The van der Waals surface area contributed by atoms with Gasteiger partial charge >= 0.3 is 0 Å². The van der Waals surface area contributed by atoms with Crippen LogP contribution in [0, 0.1) is 12.7 Å². The van der Waals surface area contributed by atoms with Crippen LogP contribution in [0.4, 0.5) is 15.9 Å². The molecule has 1 aromatic carbocycles. The average Bonchev–Trinajstić information content (AvgIpc) is 2.36. The van der Waals surface area contributed by atoms with E-state index in [1.807, 2.05) is 19.1 Å². The smallest absolute Gasteiger partial charge is 0.259 e. The molecule has 98 valence electrons. The van der Waals surface area contributed by atoms with Gasteiger partial charge < -0.3 is 11.1 Å². The van der Waals surface area contributed by atoms with E-state index in [0.29, 0.717) is 5.69 Å². The van der Waals surface area contributed by atoms with Crippen molar-refractivity contribution in [3.63, 3.8) is 0 Å². The Morgan fingerprint density at radius 3 is 2.89 bits per heavy atom. The Morgan fingerprint density at radius 1 is 1.42 bits per heavy atom. The highest BCUT2D eigenvalue weighted by Gasteiger charge is 2.13. The molecule has 0 saturated heterocycles. The minimum atomic E-state index is -0.606. The number of nitrogens with two attached hydrogens (primary N) is 1. The van der Waals surface area contributed by atoms with E-state index in [-0.39, 0.29) is 11.4 Å². The van der Waals surface area contributed by atoms with Gasteiger partial charge in [-0.1, -0.05) is 22.0 Å². The number of carbonyl (C=O) groups excluding carboxylic acids is 1. The molecule has 3 N–H and O–H groups in total. The van der Waals surface area contributed by atoms with Crippen LogP contribution in [-0.2, 0) is 0 Å². The van der Waals surface area contributed by atoms with Crippen molar-refractivity contribution < 1.29 is 9.18 Å². The van der Waals surface area contributed by atoms with E-state index in [9.17, 15) is 9.18 Å². The minimum absolute atomic E-state index is 0.00782. The fraction of sp³-hybridized carbons (Fsp3) is 0.0769. The Bertz CT molecular complexity index is 646. The second-order valence-electron chi connectivity index (χ2n) is 4.00. The number of hydrogen-bond donors (Lipinski definition) is 2. The molecule has 0 atom stereocenters.